The molecule has 0 aliphatic carbocycles. The van der Waals surface area contributed by atoms with E-state index in [2.05, 4.69) is 24.9 Å². The zero-order chi connectivity index (χ0) is 14.6. The van der Waals surface area contributed by atoms with Crippen LogP contribution in [0.3, 0.4) is 0 Å². The smallest absolute Gasteiger partial charge is 0.0965 e. The second kappa shape index (κ2) is 6.66. The summed E-state index contributed by atoms with van der Waals surface area (Å²) in [5.41, 5.74) is 0.557. The van der Waals surface area contributed by atoms with E-state index >= 15 is 0 Å². The monoisotopic (exact) mass is 293 g/mol. The van der Waals surface area contributed by atoms with Gasteiger partial charge in [0.2, 0.25) is 0 Å². The molecular formula is C16H23NO2S. The van der Waals surface area contributed by atoms with Crippen LogP contribution < -0.4 is 0 Å². The highest BCUT2D eigenvalue weighted by molar-refractivity contribution is 7.18. The van der Waals surface area contributed by atoms with Crippen molar-refractivity contribution in [1.82, 2.24) is 4.98 Å². The lowest BCUT2D eigenvalue weighted by atomic mass is 9.88. The molecule has 4 heteroatoms. The van der Waals surface area contributed by atoms with Crippen molar-refractivity contribution in [2.45, 2.75) is 51.7 Å². The molecule has 1 aromatic carbocycles. The maximum absolute atomic E-state index is 10.6. The fraction of sp³-hybridized carbons (Fsp3) is 0.562. The summed E-state index contributed by atoms with van der Waals surface area (Å²) in [5.74, 6) is 0. The molecule has 20 heavy (non-hydrogen) atoms. The van der Waals surface area contributed by atoms with E-state index in [4.69, 9.17) is 4.74 Å². The number of hydrogen-bond acceptors (Lipinski definition) is 4. The van der Waals surface area contributed by atoms with Crippen LogP contribution >= 0.6 is 11.3 Å². The lowest BCUT2D eigenvalue weighted by Crippen LogP contribution is -2.45. The Labute approximate surface area is 124 Å². The standard InChI is InChI=1S/C16H23NO2S/c1-4-16(5-2,19-6-3)14(18)11-15-17-12-9-7-8-10-13(12)20-15/h7-10,14,18H,4-6,11H2,1-3H3. The third kappa shape index (κ3) is 3.03. The molecule has 0 fully saturated rings. The normalized spacial score (nSPS) is 13.8. The number of hydrogen-bond donors (Lipinski definition) is 1. The van der Waals surface area contributed by atoms with Crippen LogP contribution in [0.15, 0.2) is 24.3 Å². The Kier molecular flexibility index (Phi) is 5.13. The molecular weight excluding hydrogens is 270 g/mol. The first-order valence-corrected chi connectivity index (χ1v) is 8.13. The highest BCUT2D eigenvalue weighted by atomic mass is 32.1. The van der Waals surface area contributed by atoms with Crippen LogP contribution in [0.2, 0.25) is 0 Å². The summed E-state index contributed by atoms with van der Waals surface area (Å²) in [7, 11) is 0. The van der Waals surface area contributed by atoms with Gasteiger partial charge in [0, 0.05) is 13.0 Å². The van der Waals surface area contributed by atoms with E-state index in [0.717, 1.165) is 23.4 Å². The van der Waals surface area contributed by atoms with Crippen molar-refractivity contribution in [3.8, 4) is 0 Å². The number of aromatic nitrogens is 1. The Morgan fingerprint density at radius 2 is 1.95 bits per heavy atom. The zero-order valence-electron chi connectivity index (χ0n) is 12.4. The third-order valence-corrected chi connectivity index (χ3v) is 5.00. The van der Waals surface area contributed by atoms with Crippen molar-refractivity contribution in [2.75, 3.05) is 6.61 Å². The molecule has 0 aliphatic heterocycles. The van der Waals surface area contributed by atoms with Crippen LogP contribution in [-0.2, 0) is 11.2 Å². The van der Waals surface area contributed by atoms with Crippen LogP contribution in [-0.4, -0.2) is 28.4 Å². The summed E-state index contributed by atoms with van der Waals surface area (Å²) in [6, 6.07) is 8.09. The van der Waals surface area contributed by atoms with Crippen molar-refractivity contribution < 1.29 is 9.84 Å². The second-order valence-corrected chi connectivity index (χ2v) is 6.12. The molecule has 0 spiro atoms. The maximum Gasteiger partial charge on any atom is 0.0965 e. The average molecular weight is 293 g/mol. The lowest BCUT2D eigenvalue weighted by molar-refractivity contribution is -0.124. The topological polar surface area (TPSA) is 42.4 Å². The van der Waals surface area contributed by atoms with Gasteiger partial charge in [0.25, 0.3) is 0 Å². The van der Waals surface area contributed by atoms with Gasteiger partial charge in [-0.2, -0.15) is 0 Å². The largest absolute Gasteiger partial charge is 0.390 e. The first-order valence-electron chi connectivity index (χ1n) is 7.31. The molecule has 1 N–H and O–H groups in total. The number of aliphatic hydroxyl groups is 1. The average Bonchev–Trinajstić information content (AvgIpc) is 2.86. The Hall–Kier alpha value is -0.970. The minimum Gasteiger partial charge on any atom is -0.390 e. The van der Waals surface area contributed by atoms with Crippen LogP contribution in [0.5, 0.6) is 0 Å². The maximum atomic E-state index is 10.6. The number of thiazole rings is 1. The lowest BCUT2D eigenvalue weighted by Gasteiger charge is -2.36. The number of para-hydroxylation sites is 1. The summed E-state index contributed by atoms with van der Waals surface area (Å²) in [6.45, 7) is 6.74. The molecule has 2 aromatic rings. The molecule has 1 unspecified atom stereocenters. The highest BCUT2D eigenvalue weighted by Crippen LogP contribution is 2.29. The Morgan fingerprint density at radius 1 is 1.25 bits per heavy atom. The zero-order valence-corrected chi connectivity index (χ0v) is 13.2. The van der Waals surface area contributed by atoms with Gasteiger partial charge in [0.15, 0.2) is 0 Å². The molecule has 0 saturated carbocycles. The summed E-state index contributed by atoms with van der Waals surface area (Å²) in [6.07, 6.45) is 1.66. The molecule has 0 saturated heterocycles. The molecule has 1 aromatic heterocycles. The molecule has 0 radical (unpaired) electrons. The van der Waals surface area contributed by atoms with Crippen LogP contribution in [0.25, 0.3) is 10.2 Å². The van der Waals surface area contributed by atoms with Gasteiger partial charge in [-0.15, -0.1) is 11.3 Å². The predicted molar refractivity (Wildman–Crippen MR) is 84.3 cm³/mol. The van der Waals surface area contributed by atoms with Gasteiger partial charge in [-0.25, -0.2) is 4.98 Å². The van der Waals surface area contributed by atoms with E-state index < -0.39 is 11.7 Å². The van der Waals surface area contributed by atoms with Crippen molar-refractivity contribution in [2.24, 2.45) is 0 Å². The number of nitrogens with zero attached hydrogens (tertiary/aromatic N) is 1. The fourth-order valence-corrected chi connectivity index (χ4v) is 3.67. The van der Waals surface area contributed by atoms with E-state index in [9.17, 15) is 5.11 Å². The Bertz CT molecular complexity index is 515. The van der Waals surface area contributed by atoms with Crippen LogP contribution in [0, 0.1) is 0 Å². The van der Waals surface area contributed by atoms with Gasteiger partial charge in [0.1, 0.15) is 0 Å². The van der Waals surface area contributed by atoms with Gasteiger partial charge >= 0.3 is 0 Å². The number of benzene rings is 1. The van der Waals surface area contributed by atoms with Crippen molar-refractivity contribution in [3.63, 3.8) is 0 Å². The Balaban J connectivity index is 2.18. The highest BCUT2D eigenvalue weighted by Gasteiger charge is 2.35. The van der Waals surface area contributed by atoms with Crippen molar-refractivity contribution in [3.05, 3.63) is 29.3 Å². The summed E-state index contributed by atoms with van der Waals surface area (Å²) >= 11 is 1.65. The van der Waals surface area contributed by atoms with E-state index in [-0.39, 0.29) is 0 Å². The SMILES string of the molecule is CCOC(CC)(CC)C(O)Cc1nc2ccccc2s1. The molecule has 1 atom stereocenters. The molecule has 1 heterocycles. The molecule has 0 aliphatic rings. The minimum absolute atomic E-state index is 0.452. The van der Waals surface area contributed by atoms with Crippen molar-refractivity contribution in [1.29, 1.82) is 0 Å². The second-order valence-electron chi connectivity index (χ2n) is 5.00. The predicted octanol–water partition coefficient (Wildman–Crippen LogP) is 3.80. The number of rotatable bonds is 7. The van der Waals surface area contributed by atoms with Gasteiger partial charge in [-0.1, -0.05) is 26.0 Å². The molecule has 0 bridgehead atoms. The summed E-state index contributed by atoms with van der Waals surface area (Å²) in [4.78, 5) is 4.60. The third-order valence-electron chi connectivity index (χ3n) is 3.94. The number of ether oxygens (including phenoxy) is 1. The molecule has 2 rings (SSSR count). The van der Waals surface area contributed by atoms with Gasteiger partial charge in [0.05, 0.1) is 26.9 Å². The van der Waals surface area contributed by atoms with Gasteiger partial charge < -0.3 is 9.84 Å². The number of fused-ring (bicyclic) bond motifs is 1. The molecule has 110 valence electrons. The Morgan fingerprint density at radius 3 is 2.55 bits per heavy atom. The summed E-state index contributed by atoms with van der Waals surface area (Å²) in [5, 5.41) is 11.6. The van der Waals surface area contributed by atoms with E-state index in [1.54, 1.807) is 11.3 Å². The van der Waals surface area contributed by atoms with Crippen molar-refractivity contribution >= 4 is 21.6 Å². The first-order chi connectivity index (χ1) is 9.65. The summed E-state index contributed by atoms with van der Waals surface area (Å²) < 4.78 is 7.03. The van der Waals surface area contributed by atoms with Gasteiger partial charge in [-0.3, -0.25) is 0 Å². The van der Waals surface area contributed by atoms with Crippen LogP contribution in [0.1, 0.15) is 38.6 Å². The van der Waals surface area contributed by atoms with E-state index in [0.29, 0.717) is 13.0 Å². The van der Waals surface area contributed by atoms with E-state index in [1.165, 1.54) is 4.70 Å². The minimum atomic E-state index is -0.516. The molecule has 0 amide bonds. The van der Waals surface area contributed by atoms with E-state index in [1.807, 2.05) is 25.1 Å². The first kappa shape index (κ1) is 15.4. The fourth-order valence-electron chi connectivity index (χ4n) is 2.67. The van der Waals surface area contributed by atoms with Gasteiger partial charge in [-0.05, 0) is 31.9 Å². The van der Waals surface area contributed by atoms with Crippen LogP contribution in [0.4, 0.5) is 0 Å². The quantitative estimate of drug-likeness (QED) is 0.844. The number of aliphatic hydroxyl groups excluding tert-OH is 1. The molecule has 3 nitrogen and oxygen atoms in total.